The fraction of sp³-hybridized carbons (Fsp3) is 0.500. The molecule has 2 heterocycles. The number of rotatable bonds is 2. The standard InChI is InChI=1S/C12H16N2S/c1-7(2)11-9-10(14-6-5-13-9)12(15-11)8(3)4/h5-8H,1-4H3. The molecule has 0 aromatic carbocycles. The molecular formula is C12H16N2S. The zero-order valence-electron chi connectivity index (χ0n) is 9.61. The first kappa shape index (κ1) is 10.6. The SMILES string of the molecule is CC(C)c1sc(C(C)C)c2nccnc12. The van der Waals surface area contributed by atoms with Crippen LogP contribution in [0, 0.1) is 0 Å². The van der Waals surface area contributed by atoms with Crippen molar-refractivity contribution in [1.82, 2.24) is 9.97 Å². The van der Waals surface area contributed by atoms with Gasteiger partial charge in [0.15, 0.2) is 0 Å². The van der Waals surface area contributed by atoms with Crippen LogP contribution in [0.4, 0.5) is 0 Å². The Kier molecular flexibility index (Phi) is 2.74. The summed E-state index contributed by atoms with van der Waals surface area (Å²) in [6.07, 6.45) is 3.57. The summed E-state index contributed by atoms with van der Waals surface area (Å²) < 4.78 is 0. The van der Waals surface area contributed by atoms with Crippen LogP contribution < -0.4 is 0 Å². The number of nitrogens with zero attached hydrogens (tertiary/aromatic N) is 2. The van der Waals surface area contributed by atoms with Crippen molar-refractivity contribution < 1.29 is 0 Å². The summed E-state index contributed by atoms with van der Waals surface area (Å²) in [5, 5.41) is 0. The Morgan fingerprint density at radius 2 is 1.27 bits per heavy atom. The molecule has 0 fully saturated rings. The molecule has 2 rings (SSSR count). The Balaban J connectivity index is 2.73. The van der Waals surface area contributed by atoms with Crippen LogP contribution in [0.3, 0.4) is 0 Å². The van der Waals surface area contributed by atoms with E-state index in [-0.39, 0.29) is 0 Å². The molecule has 0 spiro atoms. The monoisotopic (exact) mass is 220 g/mol. The van der Waals surface area contributed by atoms with Crippen LogP contribution >= 0.6 is 11.3 Å². The van der Waals surface area contributed by atoms with Gasteiger partial charge in [0.25, 0.3) is 0 Å². The van der Waals surface area contributed by atoms with E-state index in [2.05, 4.69) is 37.7 Å². The lowest BCUT2D eigenvalue weighted by Crippen LogP contribution is -1.86. The van der Waals surface area contributed by atoms with Crippen molar-refractivity contribution in [3.05, 3.63) is 22.1 Å². The van der Waals surface area contributed by atoms with Crippen LogP contribution in [-0.2, 0) is 0 Å². The summed E-state index contributed by atoms with van der Waals surface area (Å²) in [6, 6.07) is 0. The highest BCUT2D eigenvalue weighted by atomic mass is 32.1. The molecule has 0 aliphatic heterocycles. The molecule has 2 aromatic rings. The minimum Gasteiger partial charge on any atom is -0.252 e. The van der Waals surface area contributed by atoms with Gasteiger partial charge in [0.05, 0.1) is 0 Å². The van der Waals surface area contributed by atoms with Gasteiger partial charge in [-0.25, -0.2) is 0 Å². The first-order valence-corrected chi connectivity index (χ1v) is 6.16. The van der Waals surface area contributed by atoms with Crippen LogP contribution in [0.2, 0.25) is 0 Å². The summed E-state index contributed by atoms with van der Waals surface area (Å²) in [4.78, 5) is 11.6. The zero-order chi connectivity index (χ0) is 11.0. The van der Waals surface area contributed by atoms with Crippen molar-refractivity contribution in [3.8, 4) is 0 Å². The van der Waals surface area contributed by atoms with Gasteiger partial charge in [-0.05, 0) is 11.8 Å². The van der Waals surface area contributed by atoms with E-state index in [1.807, 2.05) is 11.3 Å². The summed E-state index contributed by atoms with van der Waals surface area (Å²) in [7, 11) is 0. The number of hydrogen-bond donors (Lipinski definition) is 0. The molecule has 2 aromatic heterocycles. The van der Waals surface area contributed by atoms with E-state index in [1.165, 1.54) is 9.75 Å². The molecule has 3 heteroatoms. The van der Waals surface area contributed by atoms with Crippen molar-refractivity contribution in [2.45, 2.75) is 39.5 Å². The topological polar surface area (TPSA) is 25.8 Å². The highest BCUT2D eigenvalue weighted by molar-refractivity contribution is 7.13. The maximum absolute atomic E-state index is 4.45. The number of fused-ring (bicyclic) bond motifs is 1. The van der Waals surface area contributed by atoms with Crippen molar-refractivity contribution in [1.29, 1.82) is 0 Å². The second kappa shape index (κ2) is 3.89. The fourth-order valence-electron chi connectivity index (χ4n) is 1.70. The van der Waals surface area contributed by atoms with E-state index >= 15 is 0 Å². The molecule has 0 N–H and O–H groups in total. The van der Waals surface area contributed by atoms with E-state index in [0.29, 0.717) is 11.8 Å². The van der Waals surface area contributed by atoms with E-state index < -0.39 is 0 Å². The molecule has 0 aliphatic carbocycles. The maximum Gasteiger partial charge on any atom is 0.103 e. The molecule has 0 amide bonds. The summed E-state index contributed by atoms with van der Waals surface area (Å²) in [5.41, 5.74) is 2.20. The predicted octanol–water partition coefficient (Wildman–Crippen LogP) is 3.94. The molecule has 80 valence electrons. The third-order valence-corrected chi connectivity index (χ3v) is 4.20. The van der Waals surface area contributed by atoms with Crippen LogP contribution in [-0.4, -0.2) is 9.97 Å². The second-order valence-corrected chi connectivity index (χ2v) is 5.48. The minimum absolute atomic E-state index is 0.529. The van der Waals surface area contributed by atoms with Crippen LogP contribution in [0.25, 0.3) is 11.0 Å². The lowest BCUT2D eigenvalue weighted by Gasteiger charge is -2.00. The largest absolute Gasteiger partial charge is 0.252 e. The second-order valence-electron chi connectivity index (χ2n) is 4.39. The molecule has 0 atom stereocenters. The highest BCUT2D eigenvalue weighted by Crippen LogP contribution is 2.37. The number of hydrogen-bond acceptors (Lipinski definition) is 3. The Morgan fingerprint density at radius 3 is 1.60 bits per heavy atom. The van der Waals surface area contributed by atoms with Gasteiger partial charge in [-0.1, -0.05) is 27.7 Å². The number of thiophene rings is 1. The maximum atomic E-state index is 4.45. The normalized spacial score (nSPS) is 11.9. The average molecular weight is 220 g/mol. The fourth-order valence-corrected chi connectivity index (χ4v) is 2.90. The first-order chi connectivity index (χ1) is 7.11. The van der Waals surface area contributed by atoms with Gasteiger partial charge in [0.1, 0.15) is 11.0 Å². The van der Waals surface area contributed by atoms with Crippen molar-refractivity contribution >= 4 is 22.4 Å². The lowest BCUT2D eigenvalue weighted by atomic mass is 10.1. The van der Waals surface area contributed by atoms with Crippen molar-refractivity contribution in [2.75, 3.05) is 0 Å². The number of aromatic nitrogens is 2. The highest BCUT2D eigenvalue weighted by Gasteiger charge is 2.17. The van der Waals surface area contributed by atoms with Crippen LogP contribution in [0.1, 0.15) is 49.3 Å². The summed E-state index contributed by atoms with van der Waals surface area (Å²) in [6.45, 7) is 8.85. The molecule has 0 unspecified atom stereocenters. The van der Waals surface area contributed by atoms with Gasteiger partial charge in [-0.2, -0.15) is 0 Å². The van der Waals surface area contributed by atoms with E-state index in [9.17, 15) is 0 Å². The minimum atomic E-state index is 0.529. The first-order valence-electron chi connectivity index (χ1n) is 5.34. The quantitative estimate of drug-likeness (QED) is 0.766. The Hall–Kier alpha value is -0.960. The Bertz CT molecular complexity index is 429. The van der Waals surface area contributed by atoms with Crippen molar-refractivity contribution in [3.63, 3.8) is 0 Å². The molecule has 0 saturated heterocycles. The molecule has 0 saturated carbocycles. The van der Waals surface area contributed by atoms with Gasteiger partial charge < -0.3 is 0 Å². The van der Waals surface area contributed by atoms with Gasteiger partial charge in [0.2, 0.25) is 0 Å². The summed E-state index contributed by atoms with van der Waals surface area (Å²) in [5.74, 6) is 1.06. The smallest absolute Gasteiger partial charge is 0.103 e. The lowest BCUT2D eigenvalue weighted by molar-refractivity contribution is 0.891. The average Bonchev–Trinajstić information content (AvgIpc) is 2.56. The Morgan fingerprint density at radius 1 is 0.867 bits per heavy atom. The van der Waals surface area contributed by atoms with Crippen molar-refractivity contribution in [2.24, 2.45) is 0 Å². The third-order valence-electron chi connectivity index (χ3n) is 2.43. The molecule has 0 bridgehead atoms. The molecule has 0 radical (unpaired) electrons. The predicted molar refractivity (Wildman–Crippen MR) is 65.6 cm³/mol. The van der Waals surface area contributed by atoms with E-state index in [1.54, 1.807) is 12.4 Å². The molecule has 2 nitrogen and oxygen atoms in total. The van der Waals surface area contributed by atoms with Gasteiger partial charge in [0, 0.05) is 22.1 Å². The van der Waals surface area contributed by atoms with Gasteiger partial charge in [-0.3, -0.25) is 9.97 Å². The molecule has 15 heavy (non-hydrogen) atoms. The van der Waals surface area contributed by atoms with Gasteiger partial charge >= 0.3 is 0 Å². The molecular weight excluding hydrogens is 204 g/mol. The third kappa shape index (κ3) is 1.76. The van der Waals surface area contributed by atoms with Gasteiger partial charge in [-0.15, -0.1) is 11.3 Å². The summed E-state index contributed by atoms with van der Waals surface area (Å²) >= 11 is 1.86. The van der Waals surface area contributed by atoms with Crippen LogP contribution in [0.15, 0.2) is 12.4 Å². The Labute approximate surface area is 94.4 Å². The van der Waals surface area contributed by atoms with E-state index in [4.69, 9.17) is 0 Å². The molecule has 0 aliphatic rings. The van der Waals surface area contributed by atoms with Crippen LogP contribution in [0.5, 0.6) is 0 Å². The van der Waals surface area contributed by atoms with E-state index in [0.717, 1.165) is 11.0 Å². The zero-order valence-corrected chi connectivity index (χ0v) is 10.4.